The van der Waals surface area contributed by atoms with E-state index in [0.29, 0.717) is 11.5 Å². The molecule has 0 radical (unpaired) electrons. The molecule has 0 bridgehead atoms. The molecule has 0 N–H and O–H groups in total. The Balaban J connectivity index is 1.48. The molecule has 7 heteroatoms. The van der Waals surface area contributed by atoms with Crippen molar-refractivity contribution in [2.45, 2.75) is 19.2 Å². The molecule has 1 aromatic heterocycles. The third-order valence-corrected chi connectivity index (χ3v) is 3.67. The predicted molar refractivity (Wildman–Crippen MR) is 97.8 cm³/mol. The first-order valence-corrected chi connectivity index (χ1v) is 8.56. The molecule has 0 spiro atoms. The number of ether oxygens (including phenoxy) is 3. The second kappa shape index (κ2) is 8.65. The van der Waals surface area contributed by atoms with Gasteiger partial charge in [-0.05, 0) is 49.4 Å². The van der Waals surface area contributed by atoms with Crippen molar-refractivity contribution in [1.82, 2.24) is 4.98 Å². The number of halogens is 3. The normalized spacial score (nSPS) is 12.3. The van der Waals surface area contributed by atoms with Gasteiger partial charge in [-0.15, -0.1) is 0 Å². The Kier molecular flexibility index (Phi) is 6.03. The van der Waals surface area contributed by atoms with E-state index in [1.807, 2.05) is 30.3 Å². The molecule has 4 nitrogen and oxygen atoms in total. The van der Waals surface area contributed by atoms with E-state index < -0.39 is 17.8 Å². The summed E-state index contributed by atoms with van der Waals surface area (Å²) in [4.78, 5) is 3.68. The van der Waals surface area contributed by atoms with Crippen molar-refractivity contribution in [3.8, 4) is 23.1 Å². The molecule has 1 heterocycles. The number of hydrogen-bond donors (Lipinski definition) is 0. The van der Waals surface area contributed by atoms with Crippen molar-refractivity contribution >= 4 is 0 Å². The molecule has 3 aromatic rings. The Labute approximate surface area is 160 Å². The minimum Gasteiger partial charge on any atom is -0.490 e. The summed E-state index contributed by atoms with van der Waals surface area (Å²) in [6.07, 6.45) is -4.07. The van der Waals surface area contributed by atoms with Crippen LogP contribution in [0.5, 0.6) is 23.1 Å². The lowest BCUT2D eigenvalue weighted by Crippen LogP contribution is -2.21. The number of nitrogens with zero attached hydrogens (tertiary/aromatic N) is 1. The molecular formula is C21H18F3NO3. The van der Waals surface area contributed by atoms with Gasteiger partial charge in [0.25, 0.3) is 0 Å². The average molecular weight is 389 g/mol. The van der Waals surface area contributed by atoms with Gasteiger partial charge in [-0.1, -0.05) is 18.2 Å². The zero-order chi connectivity index (χ0) is 20.0. The standard InChI is InChI=1S/C21H18F3NO3/c1-15(27-20-12-7-16(13-25-20)21(22,23)24)14-26-17-8-10-19(11-9-17)28-18-5-3-2-4-6-18/h2-13,15H,14H2,1H3. The van der Waals surface area contributed by atoms with Gasteiger partial charge in [0, 0.05) is 12.3 Å². The predicted octanol–water partition coefficient (Wildman–Crippen LogP) is 5.74. The zero-order valence-electron chi connectivity index (χ0n) is 15.0. The van der Waals surface area contributed by atoms with Gasteiger partial charge >= 0.3 is 6.18 Å². The second-order valence-corrected chi connectivity index (χ2v) is 6.01. The van der Waals surface area contributed by atoms with Crippen LogP contribution in [0.15, 0.2) is 72.9 Å². The fraction of sp³-hybridized carbons (Fsp3) is 0.190. The molecule has 2 aromatic carbocycles. The van der Waals surface area contributed by atoms with Gasteiger partial charge in [0.15, 0.2) is 0 Å². The van der Waals surface area contributed by atoms with E-state index in [9.17, 15) is 13.2 Å². The van der Waals surface area contributed by atoms with Crippen LogP contribution in [0.4, 0.5) is 13.2 Å². The van der Waals surface area contributed by atoms with Crippen LogP contribution in [0.2, 0.25) is 0 Å². The Morgan fingerprint density at radius 1 is 0.857 bits per heavy atom. The van der Waals surface area contributed by atoms with Crippen LogP contribution >= 0.6 is 0 Å². The van der Waals surface area contributed by atoms with Gasteiger partial charge in [-0.25, -0.2) is 4.98 Å². The lowest BCUT2D eigenvalue weighted by molar-refractivity contribution is -0.137. The van der Waals surface area contributed by atoms with E-state index in [4.69, 9.17) is 14.2 Å². The first-order valence-electron chi connectivity index (χ1n) is 8.56. The topological polar surface area (TPSA) is 40.6 Å². The zero-order valence-corrected chi connectivity index (χ0v) is 15.0. The molecule has 0 fully saturated rings. The fourth-order valence-corrected chi connectivity index (χ4v) is 2.30. The van der Waals surface area contributed by atoms with Crippen molar-refractivity contribution in [1.29, 1.82) is 0 Å². The minimum absolute atomic E-state index is 0.107. The summed E-state index contributed by atoms with van der Waals surface area (Å²) < 4.78 is 54.4. The largest absolute Gasteiger partial charge is 0.490 e. The number of aromatic nitrogens is 1. The Bertz CT molecular complexity index is 866. The van der Waals surface area contributed by atoms with Crippen LogP contribution in [0.3, 0.4) is 0 Å². The second-order valence-electron chi connectivity index (χ2n) is 6.01. The molecule has 0 saturated heterocycles. The number of alkyl halides is 3. The molecule has 1 atom stereocenters. The molecule has 0 aliphatic heterocycles. The Hall–Kier alpha value is -3.22. The number of hydrogen-bond acceptors (Lipinski definition) is 4. The maximum Gasteiger partial charge on any atom is 0.417 e. The molecule has 146 valence electrons. The summed E-state index contributed by atoms with van der Waals surface area (Å²) in [6, 6.07) is 18.6. The third-order valence-electron chi connectivity index (χ3n) is 3.67. The van der Waals surface area contributed by atoms with Gasteiger partial charge in [-0.3, -0.25) is 0 Å². The van der Waals surface area contributed by atoms with E-state index >= 15 is 0 Å². The minimum atomic E-state index is -4.42. The summed E-state index contributed by atoms with van der Waals surface area (Å²) in [5, 5.41) is 0. The van der Waals surface area contributed by atoms with Crippen LogP contribution in [-0.2, 0) is 6.18 Å². The molecule has 0 aliphatic rings. The molecule has 28 heavy (non-hydrogen) atoms. The highest BCUT2D eigenvalue weighted by Crippen LogP contribution is 2.29. The quantitative estimate of drug-likeness (QED) is 0.517. The van der Waals surface area contributed by atoms with Gasteiger partial charge in [-0.2, -0.15) is 13.2 Å². The summed E-state index contributed by atoms with van der Waals surface area (Å²) in [5.41, 5.74) is -0.818. The van der Waals surface area contributed by atoms with Crippen molar-refractivity contribution in [2.75, 3.05) is 6.61 Å². The maximum atomic E-state index is 12.5. The number of pyridine rings is 1. The molecular weight excluding hydrogens is 371 g/mol. The SMILES string of the molecule is CC(COc1ccc(Oc2ccccc2)cc1)Oc1ccc(C(F)(F)F)cn1. The molecule has 3 rings (SSSR count). The fourth-order valence-electron chi connectivity index (χ4n) is 2.30. The van der Waals surface area contributed by atoms with Gasteiger partial charge in [0.05, 0.1) is 5.56 Å². The van der Waals surface area contributed by atoms with Crippen LogP contribution in [0, 0.1) is 0 Å². The molecule has 0 amide bonds. The van der Waals surface area contributed by atoms with E-state index in [-0.39, 0.29) is 12.5 Å². The summed E-state index contributed by atoms with van der Waals surface area (Å²) in [5.74, 6) is 2.14. The number of benzene rings is 2. The Morgan fingerprint density at radius 3 is 2.11 bits per heavy atom. The summed E-state index contributed by atoms with van der Waals surface area (Å²) in [6.45, 7) is 1.95. The lowest BCUT2D eigenvalue weighted by atomic mass is 10.3. The van der Waals surface area contributed by atoms with Crippen molar-refractivity contribution in [3.05, 3.63) is 78.5 Å². The first-order chi connectivity index (χ1) is 13.4. The highest BCUT2D eigenvalue weighted by atomic mass is 19.4. The van der Waals surface area contributed by atoms with Crippen LogP contribution in [-0.4, -0.2) is 17.7 Å². The smallest absolute Gasteiger partial charge is 0.417 e. The average Bonchev–Trinajstić information content (AvgIpc) is 2.68. The van der Waals surface area contributed by atoms with Gasteiger partial charge < -0.3 is 14.2 Å². The molecule has 1 unspecified atom stereocenters. The molecule has 0 saturated carbocycles. The monoisotopic (exact) mass is 389 g/mol. The van der Waals surface area contributed by atoms with E-state index in [0.717, 1.165) is 18.0 Å². The van der Waals surface area contributed by atoms with Crippen molar-refractivity contribution in [3.63, 3.8) is 0 Å². The first kappa shape index (κ1) is 19.5. The summed E-state index contributed by atoms with van der Waals surface area (Å²) in [7, 11) is 0. The highest BCUT2D eigenvalue weighted by molar-refractivity contribution is 5.35. The van der Waals surface area contributed by atoms with Crippen LogP contribution < -0.4 is 14.2 Å². The van der Waals surface area contributed by atoms with E-state index in [1.165, 1.54) is 6.07 Å². The van der Waals surface area contributed by atoms with E-state index in [1.54, 1.807) is 31.2 Å². The van der Waals surface area contributed by atoms with Crippen LogP contribution in [0.25, 0.3) is 0 Å². The van der Waals surface area contributed by atoms with Gasteiger partial charge in [0.2, 0.25) is 5.88 Å². The van der Waals surface area contributed by atoms with E-state index in [2.05, 4.69) is 4.98 Å². The third kappa shape index (κ3) is 5.64. The maximum absolute atomic E-state index is 12.5. The number of para-hydroxylation sites is 1. The molecule has 0 aliphatic carbocycles. The van der Waals surface area contributed by atoms with Crippen molar-refractivity contribution in [2.24, 2.45) is 0 Å². The highest BCUT2D eigenvalue weighted by Gasteiger charge is 2.30. The summed E-state index contributed by atoms with van der Waals surface area (Å²) >= 11 is 0. The Morgan fingerprint density at radius 2 is 1.50 bits per heavy atom. The number of rotatable bonds is 7. The van der Waals surface area contributed by atoms with Crippen LogP contribution in [0.1, 0.15) is 12.5 Å². The lowest BCUT2D eigenvalue weighted by Gasteiger charge is -2.15. The van der Waals surface area contributed by atoms with Crippen molar-refractivity contribution < 1.29 is 27.4 Å². The van der Waals surface area contributed by atoms with Gasteiger partial charge in [0.1, 0.15) is 30.0 Å².